The zero-order valence-corrected chi connectivity index (χ0v) is 20.1. The van der Waals surface area contributed by atoms with E-state index in [9.17, 15) is 13.2 Å². The van der Waals surface area contributed by atoms with Crippen molar-refractivity contribution >= 4 is 32.9 Å². The minimum Gasteiger partial charge on any atom is -0.361 e. The summed E-state index contributed by atoms with van der Waals surface area (Å²) in [5.74, 6) is 0.757. The zero-order valence-electron chi connectivity index (χ0n) is 19.3. The van der Waals surface area contributed by atoms with Gasteiger partial charge in [0.2, 0.25) is 5.91 Å². The number of rotatable bonds is 7. The predicted octanol–water partition coefficient (Wildman–Crippen LogP) is 4.06. The first-order valence-electron chi connectivity index (χ1n) is 11.8. The topological polar surface area (TPSA) is 96.7 Å². The molecule has 2 aliphatic rings. The number of nitrogens with one attached hydrogen (secondary N) is 1. The van der Waals surface area contributed by atoms with Gasteiger partial charge in [0.05, 0.1) is 29.1 Å². The van der Waals surface area contributed by atoms with E-state index < -0.39 is 9.84 Å². The van der Waals surface area contributed by atoms with Crippen LogP contribution in [0.3, 0.4) is 0 Å². The van der Waals surface area contributed by atoms with Crippen LogP contribution in [0.2, 0.25) is 0 Å². The van der Waals surface area contributed by atoms with E-state index in [1.807, 2.05) is 24.3 Å². The maximum absolute atomic E-state index is 12.3. The molecule has 35 heavy (non-hydrogen) atoms. The van der Waals surface area contributed by atoms with Gasteiger partial charge in [0, 0.05) is 18.2 Å². The van der Waals surface area contributed by atoms with Crippen LogP contribution in [0.5, 0.6) is 0 Å². The molecular formula is C26H25N5O3S. The standard InChI is InChI=1S/C26H25N5O3S/c1-2-35(33,34)22-5-3-4-18(12-22)19-8-9-20-14-30(23(20)13-19)15-21-10-11-25-27-24(16-31(25)29-21)28-26(32)17-6-7-17/h3-5,8-13,16-17H,2,6-7,14-15H2,1H3,(H,28,32). The van der Waals surface area contributed by atoms with E-state index in [2.05, 4.69) is 32.4 Å². The average molecular weight is 488 g/mol. The number of sulfone groups is 1. The molecule has 0 unspecified atom stereocenters. The summed E-state index contributed by atoms with van der Waals surface area (Å²) in [6.45, 7) is 3.12. The van der Waals surface area contributed by atoms with E-state index in [1.165, 1.54) is 5.56 Å². The van der Waals surface area contributed by atoms with Gasteiger partial charge in [-0.05, 0) is 59.9 Å². The van der Waals surface area contributed by atoms with Crippen LogP contribution in [0.4, 0.5) is 11.5 Å². The highest BCUT2D eigenvalue weighted by atomic mass is 32.2. The molecule has 3 heterocycles. The Morgan fingerprint density at radius 2 is 1.91 bits per heavy atom. The molecule has 8 nitrogen and oxygen atoms in total. The van der Waals surface area contributed by atoms with Gasteiger partial charge in [0.25, 0.3) is 0 Å². The molecule has 1 fully saturated rings. The van der Waals surface area contributed by atoms with Crippen LogP contribution >= 0.6 is 0 Å². The molecule has 1 N–H and O–H groups in total. The SMILES string of the molecule is CCS(=O)(=O)c1cccc(-c2ccc3c(c2)N(Cc2ccc4nc(NC(=O)C5CC5)cn4n2)C3)c1. The minimum atomic E-state index is -3.26. The van der Waals surface area contributed by atoms with Crippen molar-refractivity contribution in [1.29, 1.82) is 0 Å². The minimum absolute atomic E-state index is 0.0273. The van der Waals surface area contributed by atoms with Crippen LogP contribution in [0.25, 0.3) is 16.8 Å². The Bertz CT molecular complexity index is 1570. The lowest BCUT2D eigenvalue weighted by Gasteiger charge is -2.36. The molecule has 0 atom stereocenters. The second-order valence-electron chi connectivity index (χ2n) is 9.15. The van der Waals surface area contributed by atoms with E-state index in [-0.39, 0.29) is 17.6 Å². The summed E-state index contributed by atoms with van der Waals surface area (Å²) < 4.78 is 26.3. The van der Waals surface area contributed by atoms with Crippen LogP contribution in [0.1, 0.15) is 31.0 Å². The summed E-state index contributed by atoms with van der Waals surface area (Å²) in [5, 5.41) is 7.55. The van der Waals surface area contributed by atoms with Gasteiger partial charge >= 0.3 is 0 Å². The van der Waals surface area contributed by atoms with Crippen molar-refractivity contribution in [3.8, 4) is 11.1 Å². The van der Waals surface area contributed by atoms with Gasteiger partial charge < -0.3 is 10.2 Å². The third-order valence-electron chi connectivity index (χ3n) is 6.62. The van der Waals surface area contributed by atoms with E-state index >= 15 is 0 Å². The van der Waals surface area contributed by atoms with Crippen LogP contribution < -0.4 is 10.2 Å². The molecule has 178 valence electrons. The third-order valence-corrected chi connectivity index (χ3v) is 8.35. The van der Waals surface area contributed by atoms with Crippen molar-refractivity contribution in [2.75, 3.05) is 16.0 Å². The van der Waals surface area contributed by atoms with E-state index in [1.54, 1.807) is 35.8 Å². The number of fused-ring (bicyclic) bond motifs is 2. The highest BCUT2D eigenvalue weighted by Crippen LogP contribution is 2.38. The summed E-state index contributed by atoms with van der Waals surface area (Å²) in [5.41, 5.74) is 5.81. The van der Waals surface area contributed by atoms with Gasteiger partial charge in [-0.15, -0.1) is 0 Å². The van der Waals surface area contributed by atoms with Crippen LogP contribution in [0, 0.1) is 5.92 Å². The molecule has 1 amide bonds. The molecule has 9 heteroatoms. The number of hydrogen-bond acceptors (Lipinski definition) is 6. The fourth-order valence-corrected chi connectivity index (χ4v) is 5.31. The molecule has 0 bridgehead atoms. The fourth-order valence-electron chi connectivity index (χ4n) is 4.38. The molecule has 0 spiro atoms. The lowest BCUT2D eigenvalue weighted by atomic mass is 9.97. The maximum Gasteiger partial charge on any atom is 0.228 e. The lowest BCUT2D eigenvalue weighted by Crippen LogP contribution is -2.32. The molecule has 0 radical (unpaired) electrons. The largest absolute Gasteiger partial charge is 0.361 e. The predicted molar refractivity (Wildman–Crippen MR) is 134 cm³/mol. The summed E-state index contributed by atoms with van der Waals surface area (Å²) >= 11 is 0. The Labute approximate surface area is 203 Å². The van der Waals surface area contributed by atoms with Crippen molar-refractivity contribution < 1.29 is 13.2 Å². The molecule has 2 aromatic heterocycles. The van der Waals surface area contributed by atoms with Gasteiger partial charge in [0.1, 0.15) is 0 Å². The summed E-state index contributed by atoms with van der Waals surface area (Å²) in [6, 6.07) is 17.2. The number of benzene rings is 2. The second kappa shape index (κ2) is 8.20. The summed E-state index contributed by atoms with van der Waals surface area (Å²) in [6.07, 6.45) is 3.65. The van der Waals surface area contributed by atoms with E-state index in [0.717, 1.165) is 41.9 Å². The van der Waals surface area contributed by atoms with Gasteiger partial charge in [-0.2, -0.15) is 5.10 Å². The molecular weight excluding hydrogens is 462 g/mol. The quantitative estimate of drug-likeness (QED) is 0.422. The number of carbonyl (C=O) groups excluding carboxylic acids is 1. The molecule has 4 aromatic rings. The Hall–Kier alpha value is -3.72. The zero-order chi connectivity index (χ0) is 24.2. The molecule has 1 aliphatic carbocycles. The summed E-state index contributed by atoms with van der Waals surface area (Å²) in [4.78, 5) is 19.1. The molecule has 0 saturated heterocycles. The Balaban J connectivity index is 1.21. The average Bonchev–Trinajstić information content (AvgIpc) is 3.63. The number of hydrogen-bond donors (Lipinski definition) is 1. The van der Waals surface area contributed by atoms with Crippen molar-refractivity contribution in [1.82, 2.24) is 14.6 Å². The van der Waals surface area contributed by atoms with Gasteiger partial charge in [-0.25, -0.2) is 17.9 Å². The van der Waals surface area contributed by atoms with Crippen molar-refractivity contribution in [3.05, 3.63) is 72.1 Å². The van der Waals surface area contributed by atoms with Crippen LogP contribution in [-0.4, -0.2) is 34.7 Å². The highest BCUT2D eigenvalue weighted by Gasteiger charge is 2.30. The number of aromatic nitrogens is 3. The number of nitrogens with zero attached hydrogens (tertiary/aromatic N) is 4. The van der Waals surface area contributed by atoms with Gasteiger partial charge in [-0.3, -0.25) is 4.79 Å². The monoisotopic (exact) mass is 487 g/mol. The van der Waals surface area contributed by atoms with Gasteiger partial charge in [-0.1, -0.05) is 31.2 Å². The first kappa shape index (κ1) is 21.8. The molecule has 1 aliphatic heterocycles. The Morgan fingerprint density at radius 3 is 2.71 bits per heavy atom. The van der Waals surface area contributed by atoms with Crippen LogP contribution in [-0.2, 0) is 27.7 Å². The lowest BCUT2D eigenvalue weighted by molar-refractivity contribution is -0.117. The van der Waals surface area contributed by atoms with Crippen molar-refractivity contribution in [2.45, 2.75) is 37.8 Å². The Morgan fingerprint density at radius 1 is 1.09 bits per heavy atom. The molecule has 6 rings (SSSR count). The van der Waals surface area contributed by atoms with Crippen molar-refractivity contribution in [3.63, 3.8) is 0 Å². The molecule has 1 saturated carbocycles. The maximum atomic E-state index is 12.3. The van der Waals surface area contributed by atoms with E-state index in [4.69, 9.17) is 0 Å². The van der Waals surface area contributed by atoms with E-state index in [0.29, 0.717) is 22.9 Å². The number of imidazole rings is 1. The first-order valence-corrected chi connectivity index (χ1v) is 13.4. The summed E-state index contributed by atoms with van der Waals surface area (Å²) in [7, 11) is -3.26. The molecule has 2 aromatic carbocycles. The smallest absolute Gasteiger partial charge is 0.228 e. The Kier molecular flexibility index (Phi) is 5.10. The normalized spacial score (nSPS) is 15.1. The highest BCUT2D eigenvalue weighted by molar-refractivity contribution is 7.91. The number of amides is 1. The first-order chi connectivity index (χ1) is 16.9. The second-order valence-corrected chi connectivity index (χ2v) is 11.4. The fraction of sp³-hybridized carbons (Fsp3) is 0.269. The van der Waals surface area contributed by atoms with Gasteiger partial charge in [0.15, 0.2) is 21.3 Å². The number of anilines is 2. The number of carbonyl (C=O) groups is 1. The third kappa shape index (κ3) is 4.16. The van der Waals surface area contributed by atoms with Crippen LogP contribution in [0.15, 0.2) is 65.7 Å². The van der Waals surface area contributed by atoms with Crippen molar-refractivity contribution in [2.24, 2.45) is 5.92 Å².